The van der Waals surface area contributed by atoms with Crippen LogP contribution in [0.25, 0.3) is 0 Å². The largest absolute Gasteiger partial charge is 0.332 e. The highest BCUT2D eigenvalue weighted by Crippen LogP contribution is 2.26. The highest BCUT2D eigenvalue weighted by molar-refractivity contribution is 6.22. The fourth-order valence-corrected chi connectivity index (χ4v) is 3.68. The molecule has 3 aromatic rings. The van der Waals surface area contributed by atoms with Crippen LogP contribution in [0.3, 0.4) is 0 Å². The van der Waals surface area contributed by atoms with E-state index in [1.54, 1.807) is 12.1 Å². The van der Waals surface area contributed by atoms with Crippen molar-refractivity contribution in [3.63, 3.8) is 0 Å². The second-order valence-electron chi connectivity index (χ2n) is 8.02. The molecule has 166 valence electrons. The molecule has 0 unspecified atom stereocenters. The Labute approximate surface area is 191 Å². The Morgan fingerprint density at radius 1 is 0.879 bits per heavy atom. The zero-order valence-electron chi connectivity index (χ0n) is 18.4. The third-order valence-electron chi connectivity index (χ3n) is 5.46. The quantitative estimate of drug-likeness (QED) is 0.593. The number of likely N-dealkylation sites (N-methyl/N-ethyl adjacent to an activating group) is 1. The van der Waals surface area contributed by atoms with Crippen LogP contribution in [-0.4, -0.2) is 47.0 Å². The van der Waals surface area contributed by atoms with Crippen molar-refractivity contribution in [2.24, 2.45) is 0 Å². The Morgan fingerprint density at radius 2 is 1.55 bits per heavy atom. The summed E-state index contributed by atoms with van der Waals surface area (Å²) in [7, 11) is 1.51. The summed E-state index contributed by atoms with van der Waals surface area (Å²) in [4.78, 5) is 53.3. The van der Waals surface area contributed by atoms with Crippen molar-refractivity contribution in [3.05, 3.63) is 101 Å². The molecule has 7 heteroatoms. The maximum Gasteiger partial charge on any atom is 0.261 e. The molecular formula is C26H23N3O4. The molecule has 0 saturated carbocycles. The number of carbonyl (C=O) groups excluding carboxylic acids is 4. The number of aryl methyl sites for hydroxylation is 1. The fraction of sp³-hybridized carbons (Fsp3) is 0.154. The van der Waals surface area contributed by atoms with Gasteiger partial charge in [0, 0.05) is 18.3 Å². The lowest BCUT2D eigenvalue weighted by atomic mass is 10.0. The van der Waals surface area contributed by atoms with E-state index in [1.165, 1.54) is 35.0 Å². The van der Waals surface area contributed by atoms with Crippen molar-refractivity contribution < 1.29 is 19.2 Å². The molecule has 1 aliphatic heterocycles. The molecule has 1 heterocycles. The molecule has 0 atom stereocenters. The summed E-state index contributed by atoms with van der Waals surface area (Å²) in [6.07, 6.45) is 0. The number of hydrogen-bond acceptors (Lipinski definition) is 4. The van der Waals surface area contributed by atoms with Crippen LogP contribution in [0.2, 0.25) is 0 Å². The maximum absolute atomic E-state index is 12.9. The van der Waals surface area contributed by atoms with Crippen molar-refractivity contribution in [2.45, 2.75) is 13.5 Å². The van der Waals surface area contributed by atoms with Crippen LogP contribution in [0.15, 0.2) is 72.8 Å². The summed E-state index contributed by atoms with van der Waals surface area (Å²) in [5.41, 5.74) is 3.26. The Hall–Kier alpha value is -4.26. The van der Waals surface area contributed by atoms with Gasteiger partial charge in [-0.3, -0.25) is 24.1 Å². The highest BCUT2D eigenvalue weighted by atomic mass is 16.2. The standard InChI is InChI=1S/C26H23N3O4/c1-17-8-11-20(12-9-17)27-23(30)16-28(2)24(31)19-10-13-21-22(14-19)26(33)29(25(21)32)15-18-6-4-3-5-7-18/h3-14H,15-16H2,1-2H3,(H,27,30). The minimum atomic E-state index is -0.437. The fourth-order valence-electron chi connectivity index (χ4n) is 3.68. The second-order valence-corrected chi connectivity index (χ2v) is 8.02. The number of fused-ring (bicyclic) bond motifs is 1. The van der Waals surface area contributed by atoms with E-state index in [-0.39, 0.29) is 41.6 Å². The van der Waals surface area contributed by atoms with Gasteiger partial charge in [-0.1, -0.05) is 48.0 Å². The predicted molar refractivity (Wildman–Crippen MR) is 124 cm³/mol. The lowest BCUT2D eigenvalue weighted by molar-refractivity contribution is -0.116. The van der Waals surface area contributed by atoms with Crippen molar-refractivity contribution in [3.8, 4) is 0 Å². The van der Waals surface area contributed by atoms with Gasteiger partial charge in [0.15, 0.2) is 0 Å². The summed E-state index contributed by atoms with van der Waals surface area (Å²) in [5.74, 6) is -1.58. The summed E-state index contributed by atoms with van der Waals surface area (Å²) in [5, 5.41) is 2.75. The number of rotatable bonds is 6. The van der Waals surface area contributed by atoms with E-state index in [0.29, 0.717) is 5.69 Å². The van der Waals surface area contributed by atoms with Gasteiger partial charge < -0.3 is 10.2 Å². The number of imide groups is 1. The van der Waals surface area contributed by atoms with Gasteiger partial charge in [-0.15, -0.1) is 0 Å². The van der Waals surface area contributed by atoms with Crippen LogP contribution in [0.5, 0.6) is 0 Å². The Bertz CT molecular complexity index is 1240. The van der Waals surface area contributed by atoms with Crippen molar-refractivity contribution >= 4 is 29.3 Å². The summed E-state index contributed by atoms with van der Waals surface area (Å²) in [6.45, 7) is 1.96. The number of carbonyl (C=O) groups is 4. The van der Waals surface area contributed by atoms with Gasteiger partial charge in [0.1, 0.15) is 0 Å². The molecule has 4 amide bonds. The molecular weight excluding hydrogens is 418 g/mol. The SMILES string of the molecule is Cc1ccc(NC(=O)CN(C)C(=O)c2ccc3c(c2)C(=O)N(Cc2ccccc2)C3=O)cc1. The lowest BCUT2D eigenvalue weighted by Gasteiger charge is -2.17. The molecule has 1 N–H and O–H groups in total. The van der Waals surface area contributed by atoms with Gasteiger partial charge in [0.2, 0.25) is 5.91 Å². The number of amides is 4. The minimum Gasteiger partial charge on any atom is -0.332 e. The first-order chi connectivity index (χ1) is 15.8. The molecule has 0 bridgehead atoms. The number of benzene rings is 3. The summed E-state index contributed by atoms with van der Waals surface area (Å²) in [6, 6.07) is 21.0. The van der Waals surface area contributed by atoms with Crippen molar-refractivity contribution in [1.29, 1.82) is 0 Å². The molecule has 0 spiro atoms. The average Bonchev–Trinajstić information content (AvgIpc) is 3.05. The van der Waals surface area contributed by atoms with Crippen LogP contribution in [0.1, 0.15) is 42.2 Å². The molecule has 0 saturated heterocycles. The summed E-state index contributed by atoms with van der Waals surface area (Å²) < 4.78 is 0. The Balaban J connectivity index is 1.45. The number of anilines is 1. The summed E-state index contributed by atoms with van der Waals surface area (Å²) >= 11 is 0. The predicted octanol–water partition coefficient (Wildman–Crippen LogP) is 3.50. The van der Waals surface area contributed by atoms with E-state index in [1.807, 2.05) is 49.4 Å². The molecule has 3 aromatic carbocycles. The van der Waals surface area contributed by atoms with Gasteiger partial charge in [0.05, 0.1) is 24.2 Å². The first kappa shape index (κ1) is 22.0. The van der Waals surface area contributed by atoms with Crippen LogP contribution in [0, 0.1) is 6.92 Å². The van der Waals surface area contributed by atoms with Crippen LogP contribution in [0.4, 0.5) is 5.69 Å². The Morgan fingerprint density at radius 3 is 2.24 bits per heavy atom. The van der Waals surface area contributed by atoms with Crippen LogP contribution < -0.4 is 5.32 Å². The van der Waals surface area contributed by atoms with Gasteiger partial charge in [-0.2, -0.15) is 0 Å². The first-order valence-electron chi connectivity index (χ1n) is 10.5. The minimum absolute atomic E-state index is 0.156. The van der Waals surface area contributed by atoms with E-state index in [9.17, 15) is 19.2 Å². The molecule has 7 nitrogen and oxygen atoms in total. The normalized spacial score (nSPS) is 12.5. The van der Waals surface area contributed by atoms with Crippen molar-refractivity contribution in [1.82, 2.24) is 9.80 Å². The first-order valence-corrected chi connectivity index (χ1v) is 10.5. The molecule has 1 aliphatic rings. The topological polar surface area (TPSA) is 86.8 Å². The van der Waals surface area contributed by atoms with E-state index >= 15 is 0 Å². The van der Waals surface area contributed by atoms with E-state index in [2.05, 4.69) is 5.32 Å². The molecule has 4 rings (SSSR count). The molecule has 0 aliphatic carbocycles. The molecule has 0 aromatic heterocycles. The van der Waals surface area contributed by atoms with Gasteiger partial charge in [-0.25, -0.2) is 0 Å². The molecule has 0 radical (unpaired) electrons. The Kier molecular flexibility index (Phi) is 6.04. The monoisotopic (exact) mass is 441 g/mol. The van der Waals surface area contributed by atoms with Crippen LogP contribution in [-0.2, 0) is 11.3 Å². The van der Waals surface area contributed by atoms with Gasteiger partial charge in [-0.05, 0) is 42.8 Å². The maximum atomic E-state index is 12.9. The number of nitrogens with one attached hydrogen (secondary N) is 1. The van der Waals surface area contributed by atoms with E-state index in [0.717, 1.165) is 11.1 Å². The van der Waals surface area contributed by atoms with Crippen LogP contribution >= 0.6 is 0 Å². The highest BCUT2D eigenvalue weighted by Gasteiger charge is 2.36. The third-order valence-corrected chi connectivity index (χ3v) is 5.46. The zero-order chi connectivity index (χ0) is 23.5. The smallest absolute Gasteiger partial charge is 0.261 e. The number of nitrogens with zero attached hydrogens (tertiary/aromatic N) is 2. The third kappa shape index (κ3) is 4.67. The zero-order valence-corrected chi connectivity index (χ0v) is 18.4. The molecule has 33 heavy (non-hydrogen) atoms. The van der Waals surface area contributed by atoms with Gasteiger partial charge >= 0.3 is 0 Å². The van der Waals surface area contributed by atoms with E-state index in [4.69, 9.17) is 0 Å². The van der Waals surface area contributed by atoms with Crippen molar-refractivity contribution in [2.75, 3.05) is 18.9 Å². The lowest BCUT2D eigenvalue weighted by Crippen LogP contribution is -2.35. The number of hydrogen-bond donors (Lipinski definition) is 1. The average molecular weight is 441 g/mol. The van der Waals surface area contributed by atoms with Gasteiger partial charge in [0.25, 0.3) is 17.7 Å². The second kappa shape index (κ2) is 9.08. The molecule has 0 fully saturated rings. The van der Waals surface area contributed by atoms with E-state index < -0.39 is 11.8 Å².